The number of benzene rings is 1. The van der Waals surface area contributed by atoms with Crippen LogP contribution in [0.25, 0.3) is 11.3 Å². The SMILES string of the molecule is Cn1c(-c2cn(CC3CC3(F)F)nc2C(F)(F)F)cnc1C(=O)Nc1ccc(C(=O)N2CCN(C(=O)N[C@H]3C[C@@H](N)C3)CC2)c(Cl)c1. The number of halogens is 6. The first-order chi connectivity index (χ1) is 22.1. The lowest BCUT2D eigenvalue weighted by atomic mass is 9.88. The van der Waals surface area contributed by atoms with Crippen molar-refractivity contribution in [3.63, 3.8) is 0 Å². The van der Waals surface area contributed by atoms with E-state index in [9.17, 15) is 36.3 Å². The molecule has 252 valence electrons. The molecule has 3 fully saturated rings. The van der Waals surface area contributed by atoms with Crippen LogP contribution >= 0.6 is 11.6 Å². The number of carbonyl (C=O) groups is 3. The zero-order valence-corrected chi connectivity index (χ0v) is 25.8. The molecule has 4 amide bonds. The van der Waals surface area contributed by atoms with Gasteiger partial charge in [0.25, 0.3) is 17.7 Å². The van der Waals surface area contributed by atoms with Gasteiger partial charge in [-0.3, -0.25) is 14.3 Å². The molecule has 2 aromatic heterocycles. The molecule has 1 atom stereocenters. The number of anilines is 1. The third-order valence-electron chi connectivity index (χ3n) is 8.67. The van der Waals surface area contributed by atoms with Gasteiger partial charge in [-0.1, -0.05) is 11.6 Å². The maximum absolute atomic E-state index is 13.8. The normalized spacial score (nSPS) is 22.1. The Morgan fingerprint density at radius 2 is 1.77 bits per heavy atom. The summed E-state index contributed by atoms with van der Waals surface area (Å²) in [5, 5.41) is 9.07. The zero-order valence-electron chi connectivity index (χ0n) is 25.0. The van der Waals surface area contributed by atoms with Gasteiger partial charge in [0.05, 0.1) is 28.0 Å². The quantitative estimate of drug-likeness (QED) is 0.323. The number of nitrogens with two attached hydrogens (primary N) is 1. The van der Waals surface area contributed by atoms with Gasteiger partial charge in [0, 0.05) is 76.1 Å². The number of rotatable bonds is 7. The Bertz CT molecular complexity index is 1710. The number of urea groups is 1. The van der Waals surface area contributed by atoms with Gasteiger partial charge in [0.15, 0.2) is 11.5 Å². The molecule has 1 aromatic carbocycles. The summed E-state index contributed by atoms with van der Waals surface area (Å²) in [6.07, 6.45) is -1.74. The van der Waals surface area contributed by atoms with Gasteiger partial charge in [-0.15, -0.1) is 0 Å². The summed E-state index contributed by atoms with van der Waals surface area (Å²) in [6.45, 7) is 0.901. The molecule has 2 aliphatic carbocycles. The molecule has 4 N–H and O–H groups in total. The minimum absolute atomic E-state index is 0.0540. The number of aromatic nitrogens is 4. The van der Waals surface area contributed by atoms with Crippen molar-refractivity contribution >= 4 is 35.1 Å². The molecular weight excluding hydrogens is 653 g/mol. The first kappa shape index (κ1) is 32.7. The highest BCUT2D eigenvalue weighted by atomic mass is 35.5. The number of amides is 4. The molecule has 3 aromatic rings. The third-order valence-corrected chi connectivity index (χ3v) is 8.99. The Morgan fingerprint density at radius 1 is 1.11 bits per heavy atom. The second-order valence-electron chi connectivity index (χ2n) is 12.1. The third kappa shape index (κ3) is 6.76. The lowest BCUT2D eigenvalue weighted by Gasteiger charge is -2.38. The van der Waals surface area contributed by atoms with Crippen LogP contribution < -0.4 is 16.4 Å². The van der Waals surface area contributed by atoms with Crippen molar-refractivity contribution in [1.29, 1.82) is 0 Å². The Hall–Kier alpha value is -4.25. The molecule has 47 heavy (non-hydrogen) atoms. The van der Waals surface area contributed by atoms with Crippen LogP contribution in [0.4, 0.5) is 32.4 Å². The molecule has 3 aliphatic rings. The highest BCUT2D eigenvalue weighted by Gasteiger charge is 2.57. The molecule has 1 unspecified atom stereocenters. The maximum atomic E-state index is 13.8. The summed E-state index contributed by atoms with van der Waals surface area (Å²) < 4.78 is 70.1. The average molecular weight is 684 g/mol. The van der Waals surface area contributed by atoms with Crippen LogP contribution in [-0.4, -0.2) is 91.2 Å². The van der Waals surface area contributed by atoms with Crippen molar-refractivity contribution < 1.29 is 36.3 Å². The summed E-state index contributed by atoms with van der Waals surface area (Å²) in [7, 11) is 1.34. The Balaban J connectivity index is 1.09. The number of alkyl halides is 5. The minimum Gasteiger partial charge on any atom is -0.335 e. The second kappa shape index (κ2) is 12.1. The van der Waals surface area contributed by atoms with Crippen molar-refractivity contribution in [1.82, 2.24) is 34.4 Å². The monoisotopic (exact) mass is 683 g/mol. The van der Waals surface area contributed by atoms with Crippen molar-refractivity contribution in [2.45, 2.75) is 50.0 Å². The van der Waals surface area contributed by atoms with Gasteiger partial charge < -0.3 is 30.7 Å². The lowest BCUT2D eigenvalue weighted by Crippen LogP contribution is -2.57. The fraction of sp³-hybridized carbons (Fsp3) is 0.483. The van der Waals surface area contributed by atoms with Crippen molar-refractivity contribution in [2.24, 2.45) is 18.7 Å². The number of hydrogen-bond donors (Lipinski definition) is 3. The van der Waals surface area contributed by atoms with E-state index in [-0.39, 0.29) is 58.4 Å². The van der Waals surface area contributed by atoms with Crippen LogP contribution in [0.15, 0.2) is 30.6 Å². The minimum atomic E-state index is -4.89. The Morgan fingerprint density at radius 3 is 2.36 bits per heavy atom. The fourth-order valence-corrected chi connectivity index (χ4v) is 6.02. The van der Waals surface area contributed by atoms with E-state index >= 15 is 0 Å². The van der Waals surface area contributed by atoms with Gasteiger partial charge in [0.1, 0.15) is 0 Å². The number of nitrogens with zero attached hydrogens (tertiary/aromatic N) is 6. The van der Waals surface area contributed by atoms with E-state index in [1.807, 2.05) is 0 Å². The molecule has 0 spiro atoms. The number of imidazole rings is 1. The number of nitrogens with one attached hydrogen (secondary N) is 2. The highest BCUT2D eigenvalue weighted by molar-refractivity contribution is 6.34. The molecule has 1 aliphatic heterocycles. The summed E-state index contributed by atoms with van der Waals surface area (Å²) in [5.41, 5.74) is 4.36. The van der Waals surface area contributed by atoms with Crippen molar-refractivity contribution in [3.05, 3.63) is 52.7 Å². The molecular formula is C29H31ClF5N9O3. The van der Waals surface area contributed by atoms with E-state index in [4.69, 9.17) is 17.3 Å². The lowest BCUT2D eigenvalue weighted by molar-refractivity contribution is -0.141. The average Bonchev–Trinajstić information content (AvgIpc) is 3.27. The predicted molar refractivity (Wildman–Crippen MR) is 159 cm³/mol. The van der Waals surface area contributed by atoms with E-state index in [1.54, 1.807) is 9.80 Å². The smallest absolute Gasteiger partial charge is 0.335 e. The second-order valence-corrected chi connectivity index (χ2v) is 12.5. The predicted octanol–water partition coefficient (Wildman–Crippen LogP) is 3.82. The molecule has 6 rings (SSSR count). The number of carbonyl (C=O) groups excluding carboxylic acids is 3. The molecule has 18 heteroatoms. The molecule has 12 nitrogen and oxygen atoms in total. The molecule has 2 saturated carbocycles. The van der Waals surface area contributed by atoms with E-state index < -0.39 is 41.6 Å². The van der Waals surface area contributed by atoms with Crippen molar-refractivity contribution in [3.8, 4) is 11.3 Å². The first-order valence-corrected chi connectivity index (χ1v) is 15.2. The van der Waals surface area contributed by atoms with E-state index in [0.717, 1.165) is 34.5 Å². The summed E-state index contributed by atoms with van der Waals surface area (Å²) in [4.78, 5) is 45.9. The van der Waals surface area contributed by atoms with Crippen LogP contribution in [0, 0.1) is 5.92 Å². The molecule has 1 saturated heterocycles. The fourth-order valence-electron chi connectivity index (χ4n) is 5.76. The Kier molecular flexibility index (Phi) is 8.40. The first-order valence-electron chi connectivity index (χ1n) is 14.9. The van der Waals surface area contributed by atoms with E-state index in [2.05, 4.69) is 20.7 Å². The molecule has 3 heterocycles. The van der Waals surface area contributed by atoms with Crippen LogP contribution in [0.2, 0.25) is 5.02 Å². The highest BCUT2D eigenvalue weighted by Crippen LogP contribution is 2.49. The number of piperazine rings is 1. The maximum Gasteiger partial charge on any atom is 0.435 e. The summed E-state index contributed by atoms with van der Waals surface area (Å²) >= 11 is 6.41. The van der Waals surface area contributed by atoms with Crippen LogP contribution in [0.1, 0.15) is 45.9 Å². The van der Waals surface area contributed by atoms with E-state index in [0.29, 0.717) is 26.2 Å². The van der Waals surface area contributed by atoms with Gasteiger partial charge in [-0.05, 0) is 31.0 Å². The van der Waals surface area contributed by atoms with Gasteiger partial charge in [-0.2, -0.15) is 18.3 Å². The molecule has 0 radical (unpaired) electrons. The molecule has 0 bridgehead atoms. The van der Waals surface area contributed by atoms with E-state index in [1.165, 1.54) is 25.2 Å². The van der Waals surface area contributed by atoms with Crippen LogP contribution in [-0.2, 0) is 19.8 Å². The standard InChI is InChI=1S/C29H31ClF5N9O3/c1-41-22(20-14-44(13-15-11-28(15,31)32)40-23(20)29(33,34)35)12-37-24(41)25(45)38-17-2-3-19(21(30)10-17)26(46)42-4-6-43(7-5-42)27(47)39-18-8-16(36)9-18/h2-3,10,12,14-16,18H,4-9,11,13,36H2,1H3,(H,38,45)(H,39,47)/t15?,16-,18+. The largest absolute Gasteiger partial charge is 0.435 e. The summed E-state index contributed by atoms with van der Waals surface area (Å²) in [6, 6.07) is 4.24. The topological polar surface area (TPSA) is 143 Å². The van der Waals surface area contributed by atoms with Gasteiger partial charge in [0.2, 0.25) is 0 Å². The van der Waals surface area contributed by atoms with Gasteiger partial charge >= 0.3 is 12.2 Å². The number of hydrogen-bond acceptors (Lipinski definition) is 6. The zero-order chi connectivity index (χ0) is 33.8. The van der Waals surface area contributed by atoms with Gasteiger partial charge in [-0.25, -0.2) is 18.6 Å². The van der Waals surface area contributed by atoms with Crippen LogP contribution in [0.5, 0.6) is 0 Å². The summed E-state index contributed by atoms with van der Waals surface area (Å²) in [5.74, 6) is -5.40. The van der Waals surface area contributed by atoms with Crippen molar-refractivity contribution in [2.75, 3.05) is 31.5 Å². The Labute approximate surface area is 270 Å². The van der Waals surface area contributed by atoms with Crippen LogP contribution in [0.3, 0.4) is 0 Å².